The summed E-state index contributed by atoms with van der Waals surface area (Å²) < 4.78 is 4.45. The molecule has 0 amide bonds. The minimum atomic E-state index is 0.0376. The van der Waals surface area contributed by atoms with Gasteiger partial charge in [0.05, 0.1) is 5.54 Å². The molecule has 0 atom stereocenters. The molecular weight excluding hydrogens is 232 g/mol. The summed E-state index contributed by atoms with van der Waals surface area (Å²) in [7, 11) is 0. The lowest BCUT2D eigenvalue weighted by Crippen LogP contribution is -2.69. The van der Waals surface area contributed by atoms with Crippen LogP contribution in [0.2, 0.25) is 0 Å². The van der Waals surface area contributed by atoms with Gasteiger partial charge in [0.2, 0.25) is 5.13 Å². The van der Waals surface area contributed by atoms with Crippen LogP contribution in [0.1, 0.15) is 39.4 Å². The van der Waals surface area contributed by atoms with Crippen molar-refractivity contribution in [3.63, 3.8) is 0 Å². The second-order valence-corrected chi connectivity index (χ2v) is 7.24. The van der Waals surface area contributed by atoms with Crippen LogP contribution >= 0.6 is 11.5 Å². The van der Waals surface area contributed by atoms with Crippen molar-refractivity contribution < 1.29 is 0 Å². The molecule has 3 rings (SSSR count). The van der Waals surface area contributed by atoms with Crippen molar-refractivity contribution in [1.29, 1.82) is 0 Å². The van der Waals surface area contributed by atoms with E-state index < -0.39 is 0 Å². The average Bonchev–Trinajstić information content (AvgIpc) is 2.90. The summed E-state index contributed by atoms with van der Waals surface area (Å²) in [5, 5.41) is 1.04. The molecule has 17 heavy (non-hydrogen) atoms. The van der Waals surface area contributed by atoms with Crippen LogP contribution in [0.4, 0.5) is 5.13 Å². The molecule has 0 unspecified atom stereocenters. The molecule has 1 saturated heterocycles. The SMILES string of the molecule is CC(C)(C)c1nsc(N2CC(N)(C3CC3)C2)n1. The first kappa shape index (κ1) is 11.4. The van der Waals surface area contributed by atoms with Gasteiger partial charge in [-0.3, -0.25) is 0 Å². The number of nitrogens with zero attached hydrogens (tertiary/aromatic N) is 3. The molecule has 0 bridgehead atoms. The maximum absolute atomic E-state index is 6.34. The summed E-state index contributed by atoms with van der Waals surface area (Å²) >= 11 is 1.50. The molecule has 5 heteroatoms. The molecule has 2 fully saturated rings. The number of hydrogen-bond acceptors (Lipinski definition) is 5. The average molecular weight is 252 g/mol. The van der Waals surface area contributed by atoms with Gasteiger partial charge < -0.3 is 10.6 Å². The second kappa shape index (κ2) is 3.42. The van der Waals surface area contributed by atoms with Crippen molar-refractivity contribution in [2.45, 2.75) is 44.6 Å². The summed E-state index contributed by atoms with van der Waals surface area (Å²) in [6, 6.07) is 0. The van der Waals surface area contributed by atoms with Crippen molar-refractivity contribution in [2.75, 3.05) is 18.0 Å². The van der Waals surface area contributed by atoms with Gasteiger partial charge in [0.25, 0.3) is 0 Å². The maximum atomic E-state index is 6.34. The quantitative estimate of drug-likeness (QED) is 0.871. The summed E-state index contributed by atoms with van der Waals surface area (Å²) in [4.78, 5) is 6.90. The Hall–Kier alpha value is -0.680. The predicted octanol–water partition coefficient (Wildman–Crippen LogP) is 1.76. The van der Waals surface area contributed by atoms with Gasteiger partial charge in [-0.15, -0.1) is 0 Å². The van der Waals surface area contributed by atoms with E-state index in [1.165, 1.54) is 24.4 Å². The van der Waals surface area contributed by atoms with E-state index in [4.69, 9.17) is 5.73 Å². The van der Waals surface area contributed by atoms with E-state index >= 15 is 0 Å². The van der Waals surface area contributed by atoms with Gasteiger partial charge in [-0.05, 0) is 18.8 Å². The van der Waals surface area contributed by atoms with Crippen LogP contribution in [0.15, 0.2) is 0 Å². The molecule has 1 aromatic rings. The van der Waals surface area contributed by atoms with Crippen LogP contribution in [-0.4, -0.2) is 28.0 Å². The van der Waals surface area contributed by atoms with Crippen LogP contribution in [0.3, 0.4) is 0 Å². The molecule has 4 nitrogen and oxygen atoms in total. The fourth-order valence-electron chi connectivity index (χ4n) is 2.36. The Balaban J connectivity index is 1.69. The first-order valence-electron chi connectivity index (χ1n) is 6.26. The first-order chi connectivity index (χ1) is 7.88. The molecule has 1 saturated carbocycles. The molecule has 0 aromatic carbocycles. The standard InChI is InChI=1S/C12H20N4S/c1-11(2,3)9-14-10(17-15-9)16-6-12(13,7-16)8-4-5-8/h8H,4-7,13H2,1-3H3. The molecule has 0 spiro atoms. The summed E-state index contributed by atoms with van der Waals surface area (Å²) in [5.74, 6) is 1.70. The van der Waals surface area contributed by atoms with Gasteiger partial charge in [0, 0.05) is 30.0 Å². The number of nitrogens with two attached hydrogens (primary N) is 1. The highest BCUT2D eigenvalue weighted by Crippen LogP contribution is 2.44. The first-order valence-corrected chi connectivity index (χ1v) is 7.04. The number of rotatable bonds is 2. The zero-order valence-corrected chi connectivity index (χ0v) is 11.5. The lowest BCUT2D eigenvalue weighted by atomic mass is 9.86. The lowest BCUT2D eigenvalue weighted by Gasteiger charge is -2.48. The van der Waals surface area contributed by atoms with Crippen LogP contribution in [0, 0.1) is 5.92 Å². The fraction of sp³-hybridized carbons (Fsp3) is 0.833. The van der Waals surface area contributed by atoms with Crippen molar-refractivity contribution in [1.82, 2.24) is 9.36 Å². The Bertz CT molecular complexity index is 424. The zero-order chi connectivity index (χ0) is 12.3. The second-order valence-electron chi connectivity index (χ2n) is 6.51. The van der Waals surface area contributed by atoms with Gasteiger partial charge in [0.15, 0.2) is 0 Å². The van der Waals surface area contributed by atoms with Gasteiger partial charge in [-0.1, -0.05) is 20.8 Å². The van der Waals surface area contributed by atoms with Crippen LogP contribution in [-0.2, 0) is 5.41 Å². The molecular formula is C12H20N4S. The van der Waals surface area contributed by atoms with E-state index in [0.717, 1.165) is 30.0 Å². The van der Waals surface area contributed by atoms with Crippen molar-refractivity contribution >= 4 is 16.7 Å². The predicted molar refractivity (Wildman–Crippen MR) is 70.5 cm³/mol. The van der Waals surface area contributed by atoms with Crippen LogP contribution in [0.5, 0.6) is 0 Å². The molecule has 94 valence electrons. The molecule has 2 heterocycles. The van der Waals surface area contributed by atoms with Crippen molar-refractivity contribution in [3.05, 3.63) is 5.82 Å². The Morgan fingerprint density at radius 3 is 2.47 bits per heavy atom. The highest BCUT2D eigenvalue weighted by atomic mass is 32.1. The minimum Gasteiger partial charge on any atom is -0.343 e. The van der Waals surface area contributed by atoms with E-state index in [2.05, 4.69) is 35.0 Å². The van der Waals surface area contributed by atoms with E-state index in [1.807, 2.05) is 0 Å². The molecule has 1 aliphatic carbocycles. The summed E-state index contributed by atoms with van der Waals surface area (Å²) in [6.07, 6.45) is 2.63. The smallest absolute Gasteiger partial charge is 0.205 e. The summed E-state index contributed by atoms with van der Waals surface area (Å²) in [5.41, 5.74) is 6.44. The van der Waals surface area contributed by atoms with Crippen LogP contribution < -0.4 is 10.6 Å². The molecule has 0 radical (unpaired) electrons. The Kier molecular flexibility index (Phi) is 2.29. The normalized spacial score (nSPS) is 23.6. The molecule has 1 aromatic heterocycles. The fourth-order valence-corrected chi connectivity index (χ4v) is 3.22. The molecule has 1 aliphatic heterocycles. The molecule has 2 aliphatic rings. The van der Waals surface area contributed by atoms with E-state index in [9.17, 15) is 0 Å². The lowest BCUT2D eigenvalue weighted by molar-refractivity contribution is 0.290. The zero-order valence-electron chi connectivity index (χ0n) is 10.7. The Morgan fingerprint density at radius 2 is 2.00 bits per heavy atom. The molecule has 2 N–H and O–H groups in total. The third-order valence-corrected chi connectivity index (χ3v) is 4.49. The monoisotopic (exact) mass is 252 g/mol. The third-order valence-electron chi connectivity index (χ3n) is 3.72. The van der Waals surface area contributed by atoms with E-state index in [0.29, 0.717) is 0 Å². The number of aromatic nitrogens is 2. The Labute approximate surface area is 106 Å². The Morgan fingerprint density at radius 1 is 1.35 bits per heavy atom. The highest BCUT2D eigenvalue weighted by molar-refractivity contribution is 7.09. The third kappa shape index (κ3) is 1.95. The summed E-state index contributed by atoms with van der Waals surface area (Å²) in [6.45, 7) is 8.35. The van der Waals surface area contributed by atoms with Crippen molar-refractivity contribution in [3.8, 4) is 0 Å². The van der Waals surface area contributed by atoms with E-state index in [1.54, 1.807) is 0 Å². The highest BCUT2D eigenvalue weighted by Gasteiger charge is 2.51. The number of anilines is 1. The maximum Gasteiger partial charge on any atom is 0.205 e. The van der Waals surface area contributed by atoms with Crippen LogP contribution in [0.25, 0.3) is 0 Å². The van der Waals surface area contributed by atoms with Gasteiger partial charge >= 0.3 is 0 Å². The largest absolute Gasteiger partial charge is 0.343 e. The van der Waals surface area contributed by atoms with Gasteiger partial charge in [-0.2, -0.15) is 4.37 Å². The van der Waals surface area contributed by atoms with Crippen molar-refractivity contribution in [2.24, 2.45) is 11.7 Å². The minimum absolute atomic E-state index is 0.0376. The van der Waals surface area contributed by atoms with Gasteiger partial charge in [0.1, 0.15) is 5.82 Å². The van der Waals surface area contributed by atoms with Gasteiger partial charge in [-0.25, -0.2) is 4.98 Å². The van der Waals surface area contributed by atoms with E-state index in [-0.39, 0.29) is 11.0 Å². The number of hydrogen-bond donors (Lipinski definition) is 1. The topological polar surface area (TPSA) is 55.0 Å².